The Kier molecular flexibility index (Phi) is 6.00. The molecule has 0 amide bonds. The van der Waals surface area contributed by atoms with Gasteiger partial charge in [0.05, 0.1) is 0 Å². The van der Waals surface area contributed by atoms with Crippen LogP contribution in [0.15, 0.2) is 90.5 Å². The van der Waals surface area contributed by atoms with Gasteiger partial charge in [-0.1, -0.05) is 60.7 Å². The van der Waals surface area contributed by atoms with Gasteiger partial charge in [0, 0.05) is 0 Å². The molecule has 3 rings (SSSR count). The van der Waals surface area contributed by atoms with Crippen molar-refractivity contribution in [2.24, 2.45) is 0 Å². The summed E-state index contributed by atoms with van der Waals surface area (Å²) in [5.41, 5.74) is 1.76. The summed E-state index contributed by atoms with van der Waals surface area (Å²) in [6.07, 6.45) is 1.50. The fourth-order valence-corrected chi connectivity index (χ4v) is 2.36. The maximum atomic E-state index is 12.2. The van der Waals surface area contributed by atoms with Crippen LogP contribution in [0.1, 0.15) is 11.1 Å². The number of carbonyl (C=O) groups excluding carboxylic acids is 1. The molecule has 0 fully saturated rings. The number of nitriles is 1. The molecular formula is C23H17NO3. The fraction of sp³-hybridized carbons (Fsp3) is 0.0435. The zero-order valence-electron chi connectivity index (χ0n) is 14.5. The van der Waals surface area contributed by atoms with Crippen LogP contribution in [-0.4, -0.2) is 5.97 Å². The summed E-state index contributed by atoms with van der Waals surface area (Å²) in [6.45, 7) is 0.457. The van der Waals surface area contributed by atoms with Crippen molar-refractivity contribution in [3.05, 3.63) is 102 Å². The Balaban J connectivity index is 1.61. The molecule has 0 N–H and O–H groups in total. The highest BCUT2D eigenvalue weighted by molar-refractivity contribution is 5.99. The molecule has 132 valence electrons. The van der Waals surface area contributed by atoms with Crippen molar-refractivity contribution < 1.29 is 14.3 Å². The summed E-state index contributed by atoms with van der Waals surface area (Å²) >= 11 is 0. The van der Waals surface area contributed by atoms with E-state index >= 15 is 0 Å². The van der Waals surface area contributed by atoms with Gasteiger partial charge >= 0.3 is 5.97 Å². The first kappa shape index (κ1) is 18.0. The fourth-order valence-electron chi connectivity index (χ4n) is 2.36. The molecule has 0 bridgehead atoms. The molecule has 3 aromatic rings. The molecule has 0 aromatic heterocycles. The summed E-state index contributed by atoms with van der Waals surface area (Å²) in [5, 5.41) is 9.22. The van der Waals surface area contributed by atoms with E-state index in [-0.39, 0.29) is 5.57 Å². The van der Waals surface area contributed by atoms with Gasteiger partial charge in [0.2, 0.25) is 0 Å². The minimum Gasteiger partial charge on any atom is -0.489 e. The molecule has 0 spiro atoms. The van der Waals surface area contributed by atoms with Crippen molar-refractivity contribution in [3.63, 3.8) is 0 Å². The number of hydrogen-bond acceptors (Lipinski definition) is 4. The second-order valence-corrected chi connectivity index (χ2v) is 5.72. The number of ether oxygens (including phenoxy) is 2. The Hall–Kier alpha value is -3.84. The number of esters is 1. The summed E-state index contributed by atoms with van der Waals surface area (Å²) in [5.74, 6) is 0.319. The maximum Gasteiger partial charge on any atom is 0.354 e. The Morgan fingerprint density at radius 1 is 0.852 bits per heavy atom. The lowest BCUT2D eigenvalue weighted by Gasteiger charge is -2.08. The quantitative estimate of drug-likeness (QED) is 0.276. The van der Waals surface area contributed by atoms with E-state index in [1.54, 1.807) is 24.3 Å². The Morgan fingerprint density at radius 3 is 2.07 bits per heavy atom. The Labute approximate surface area is 157 Å². The molecule has 0 aliphatic carbocycles. The first-order valence-corrected chi connectivity index (χ1v) is 8.40. The van der Waals surface area contributed by atoms with Crippen LogP contribution in [0.5, 0.6) is 11.5 Å². The molecule has 0 saturated carbocycles. The smallest absolute Gasteiger partial charge is 0.354 e. The predicted molar refractivity (Wildman–Crippen MR) is 103 cm³/mol. The van der Waals surface area contributed by atoms with Gasteiger partial charge in [-0.15, -0.1) is 0 Å². The topological polar surface area (TPSA) is 59.3 Å². The van der Waals surface area contributed by atoms with Gasteiger partial charge in [-0.25, -0.2) is 4.79 Å². The summed E-state index contributed by atoms with van der Waals surface area (Å²) in [6, 6.07) is 27.6. The van der Waals surface area contributed by atoms with E-state index in [2.05, 4.69) is 0 Å². The third-order valence-corrected chi connectivity index (χ3v) is 3.73. The van der Waals surface area contributed by atoms with Crippen molar-refractivity contribution in [2.75, 3.05) is 0 Å². The van der Waals surface area contributed by atoms with Crippen molar-refractivity contribution >= 4 is 12.0 Å². The maximum absolute atomic E-state index is 12.2. The molecule has 27 heavy (non-hydrogen) atoms. The van der Waals surface area contributed by atoms with E-state index in [0.717, 1.165) is 11.1 Å². The summed E-state index contributed by atoms with van der Waals surface area (Å²) in [4.78, 5) is 12.2. The van der Waals surface area contributed by atoms with Crippen molar-refractivity contribution in [1.29, 1.82) is 5.26 Å². The molecule has 4 nitrogen and oxygen atoms in total. The Bertz CT molecular complexity index is 956. The van der Waals surface area contributed by atoms with Crippen LogP contribution in [0.2, 0.25) is 0 Å². The van der Waals surface area contributed by atoms with Gasteiger partial charge in [-0.3, -0.25) is 0 Å². The first-order chi connectivity index (χ1) is 13.2. The minimum atomic E-state index is -0.695. The van der Waals surface area contributed by atoms with Crippen molar-refractivity contribution in [2.45, 2.75) is 6.61 Å². The Morgan fingerprint density at radius 2 is 1.44 bits per heavy atom. The number of hydrogen-bond donors (Lipinski definition) is 0. The molecule has 0 heterocycles. The highest BCUT2D eigenvalue weighted by Crippen LogP contribution is 2.20. The van der Waals surface area contributed by atoms with E-state index in [1.807, 2.05) is 66.7 Å². The van der Waals surface area contributed by atoms with E-state index in [4.69, 9.17) is 9.47 Å². The molecule has 0 aliphatic heterocycles. The van der Waals surface area contributed by atoms with Gasteiger partial charge in [0.25, 0.3) is 0 Å². The van der Waals surface area contributed by atoms with Crippen LogP contribution in [0.4, 0.5) is 0 Å². The van der Waals surface area contributed by atoms with E-state index in [1.165, 1.54) is 6.08 Å². The normalized spacial score (nSPS) is 10.7. The zero-order valence-corrected chi connectivity index (χ0v) is 14.5. The monoisotopic (exact) mass is 355 g/mol. The summed E-state index contributed by atoms with van der Waals surface area (Å²) in [7, 11) is 0. The lowest BCUT2D eigenvalue weighted by atomic mass is 10.1. The van der Waals surface area contributed by atoms with Gasteiger partial charge in [0.15, 0.2) is 0 Å². The van der Waals surface area contributed by atoms with Crippen LogP contribution in [-0.2, 0) is 11.4 Å². The molecule has 0 atom stereocenters. The average Bonchev–Trinajstić information content (AvgIpc) is 2.73. The van der Waals surface area contributed by atoms with Crippen LogP contribution in [0.3, 0.4) is 0 Å². The van der Waals surface area contributed by atoms with Gasteiger partial charge < -0.3 is 9.47 Å². The standard InChI is InChI=1S/C23H17NO3/c24-16-20(15-18-7-3-1-4-8-18)23(25)27-22-13-11-21(12-14-22)26-17-19-9-5-2-6-10-19/h1-15H,17H2/b20-15+. The van der Waals surface area contributed by atoms with Crippen LogP contribution < -0.4 is 9.47 Å². The highest BCUT2D eigenvalue weighted by atomic mass is 16.5. The van der Waals surface area contributed by atoms with Crippen LogP contribution >= 0.6 is 0 Å². The van der Waals surface area contributed by atoms with Crippen molar-refractivity contribution in [3.8, 4) is 17.6 Å². The van der Waals surface area contributed by atoms with Crippen LogP contribution in [0, 0.1) is 11.3 Å². The number of benzene rings is 3. The molecular weight excluding hydrogens is 338 g/mol. The molecule has 3 aromatic carbocycles. The molecule has 0 aliphatic rings. The number of rotatable bonds is 6. The van der Waals surface area contributed by atoms with Gasteiger partial charge in [0.1, 0.15) is 29.7 Å². The molecule has 0 unspecified atom stereocenters. The molecule has 0 saturated heterocycles. The van der Waals surface area contributed by atoms with Crippen molar-refractivity contribution in [1.82, 2.24) is 0 Å². The molecule has 0 radical (unpaired) electrons. The summed E-state index contributed by atoms with van der Waals surface area (Å²) < 4.78 is 11.0. The lowest BCUT2D eigenvalue weighted by Crippen LogP contribution is -2.10. The predicted octanol–water partition coefficient (Wildman–Crippen LogP) is 4.78. The lowest BCUT2D eigenvalue weighted by molar-refractivity contribution is -0.129. The zero-order chi connectivity index (χ0) is 18.9. The first-order valence-electron chi connectivity index (χ1n) is 8.40. The second-order valence-electron chi connectivity index (χ2n) is 5.72. The third kappa shape index (κ3) is 5.32. The van der Waals surface area contributed by atoms with E-state index < -0.39 is 5.97 Å². The third-order valence-electron chi connectivity index (χ3n) is 3.73. The van der Waals surface area contributed by atoms with Gasteiger partial charge in [-0.05, 0) is 41.5 Å². The van der Waals surface area contributed by atoms with E-state index in [0.29, 0.717) is 18.1 Å². The second kappa shape index (κ2) is 9.02. The van der Waals surface area contributed by atoms with Crippen LogP contribution in [0.25, 0.3) is 6.08 Å². The van der Waals surface area contributed by atoms with Gasteiger partial charge in [-0.2, -0.15) is 5.26 Å². The minimum absolute atomic E-state index is 0.0643. The SMILES string of the molecule is N#C/C(=C\c1ccccc1)C(=O)Oc1ccc(OCc2ccccc2)cc1. The number of nitrogens with zero attached hydrogens (tertiary/aromatic N) is 1. The highest BCUT2D eigenvalue weighted by Gasteiger charge is 2.12. The largest absolute Gasteiger partial charge is 0.489 e. The van der Waals surface area contributed by atoms with E-state index in [9.17, 15) is 10.1 Å². The number of carbonyl (C=O) groups is 1. The molecule has 4 heteroatoms. The average molecular weight is 355 g/mol.